The molecule has 0 bridgehead atoms. The van der Waals surface area contributed by atoms with Crippen LogP contribution in [0.15, 0.2) is 21.6 Å². The SMILES string of the molecule is CN(C)CCN(C)S(=O)(=O)c1ccc(CN)o1. The van der Waals surface area contributed by atoms with E-state index in [9.17, 15) is 8.42 Å². The minimum atomic E-state index is -3.54. The molecule has 0 radical (unpaired) electrons. The fraction of sp³-hybridized carbons (Fsp3) is 0.600. The number of nitrogens with zero attached hydrogens (tertiary/aromatic N) is 2. The molecule has 0 aliphatic heterocycles. The Morgan fingerprint density at radius 3 is 2.35 bits per heavy atom. The van der Waals surface area contributed by atoms with Crippen molar-refractivity contribution in [3.05, 3.63) is 17.9 Å². The molecule has 6 nitrogen and oxygen atoms in total. The third kappa shape index (κ3) is 3.53. The number of hydrogen-bond acceptors (Lipinski definition) is 5. The summed E-state index contributed by atoms with van der Waals surface area (Å²) in [5.41, 5.74) is 5.37. The minimum Gasteiger partial charge on any atom is -0.447 e. The summed E-state index contributed by atoms with van der Waals surface area (Å²) < 4.78 is 30.5. The molecule has 0 spiro atoms. The molecule has 0 atom stereocenters. The smallest absolute Gasteiger partial charge is 0.276 e. The Morgan fingerprint density at radius 2 is 1.88 bits per heavy atom. The van der Waals surface area contributed by atoms with Gasteiger partial charge in [-0.2, -0.15) is 4.31 Å². The van der Waals surface area contributed by atoms with Crippen LogP contribution >= 0.6 is 0 Å². The highest BCUT2D eigenvalue weighted by Crippen LogP contribution is 2.17. The first-order valence-corrected chi connectivity index (χ1v) is 6.71. The molecule has 17 heavy (non-hydrogen) atoms. The quantitative estimate of drug-likeness (QED) is 0.775. The largest absolute Gasteiger partial charge is 0.447 e. The van der Waals surface area contributed by atoms with E-state index in [1.54, 1.807) is 6.07 Å². The summed E-state index contributed by atoms with van der Waals surface area (Å²) in [6.07, 6.45) is 0. The lowest BCUT2D eigenvalue weighted by atomic mass is 10.5. The molecule has 0 amide bonds. The molecule has 7 heteroatoms. The summed E-state index contributed by atoms with van der Waals surface area (Å²) in [5.74, 6) is 0.463. The molecule has 0 fully saturated rings. The van der Waals surface area contributed by atoms with Gasteiger partial charge in [0.05, 0.1) is 6.54 Å². The van der Waals surface area contributed by atoms with E-state index in [0.717, 1.165) is 0 Å². The van der Waals surface area contributed by atoms with E-state index in [2.05, 4.69) is 0 Å². The van der Waals surface area contributed by atoms with Crippen molar-refractivity contribution in [3.63, 3.8) is 0 Å². The predicted molar refractivity (Wildman–Crippen MR) is 65.0 cm³/mol. The molecule has 1 heterocycles. The second-order valence-electron chi connectivity index (χ2n) is 4.05. The van der Waals surface area contributed by atoms with Crippen molar-refractivity contribution in [2.45, 2.75) is 11.6 Å². The Kier molecular flexibility index (Phi) is 4.70. The van der Waals surface area contributed by atoms with Crippen LogP contribution in [0.2, 0.25) is 0 Å². The average molecular weight is 261 g/mol. The average Bonchev–Trinajstić information content (AvgIpc) is 2.74. The van der Waals surface area contributed by atoms with Gasteiger partial charge in [0.15, 0.2) is 0 Å². The van der Waals surface area contributed by atoms with Gasteiger partial charge in [-0.05, 0) is 26.2 Å². The zero-order valence-corrected chi connectivity index (χ0v) is 11.2. The van der Waals surface area contributed by atoms with Crippen LogP contribution in [0.5, 0.6) is 0 Å². The Morgan fingerprint density at radius 1 is 1.24 bits per heavy atom. The molecule has 0 saturated heterocycles. The van der Waals surface area contributed by atoms with Gasteiger partial charge in [0, 0.05) is 20.1 Å². The highest BCUT2D eigenvalue weighted by atomic mass is 32.2. The molecular formula is C10H19N3O3S. The van der Waals surface area contributed by atoms with E-state index in [0.29, 0.717) is 18.8 Å². The van der Waals surface area contributed by atoms with E-state index in [1.165, 1.54) is 17.4 Å². The third-order valence-electron chi connectivity index (χ3n) is 2.36. The van der Waals surface area contributed by atoms with Gasteiger partial charge in [-0.15, -0.1) is 0 Å². The minimum absolute atomic E-state index is 0.0563. The molecular weight excluding hydrogens is 242 g/mol. The molecule has 1 aromatic heterocycles. The summed E-state index contributed by atoms with van der Waals surface area (Å²) in [4.78, 5) is 1.92. The third-order valence-corrected chi connectivity index (χ3v) is 4.10. The Bertz CT molecular complexity index is 453. The van der Waals surface area contributed by atoms with Crippen molar-refractivity contribution in [2.24, 2.45) is 5.73 Å². The fourth-order valence-corrected chi connectivity index (χ4v) is 2.30. The van der Waals surface area contributed by atoms with Crippen LogP contribution in [0.1, 0.15) is 5.76 Å². The van der Waals surface area contributed by atoms with Gasteiger partial charge in [-0.1, -0.05) is 0 Å². The Labute approximate surface area is 102 Å². The maximum absolute atomic E-state index is 12.0. The van der Waals surface area contributed by atoms with Crippen LogP contribution in [-0.4, -0.2) is 51.9 Å². The first-order valence-electron chi connectivity index (χ1n) is 5.27. The van der Waals surface area contributed by atoms with E-state index in [4.69, 9.17) is 10.2 Å². The molecule has 0 aliphatic carbocycles. The van der Waals surface area contributed by atoms with Crippen molar-refractivity contribution in [1.29, 1.82) is 0 Å². The molecule has 0 aliphatic rings. The van der Waals surface area contributed by atoms with Crippen molar-refractivity contribution >= 4 is 10.0 Å². The number of sulfonamides is 1. The lowest BCUT2D eigenvalue weighted by Crippen LogP contribution is -2.33. The maximum Gasteiger partial charge on any atom is 0.276 e. The van der Waals surface area contributed by atoms with Gasteiger partial charge >= 0.3 is 0 Å². The monoisotopic (exact) mass is 261 g/mol. The van der Waals surface area contributed by atoms with Gasteiger partial charge in [0.2, 0.25) is 5.09 Å². The van der Waals surface area contributed by atoms with Gasteiger partial charge < -0.3 is 15.1 Å². The van der Waals surface area contributed by atoms with Crippen molar-refractivity contribution < 1.29 is 12.8 Å². The molecule has 0 saturated carbocycles. The highest BCUT2D eigenvalue weighted by molar-refractivity contribution is 7.89. The standard InChI is InChI=1S/C10H19N3O3S/c1-12(2)6-7-13(3)17(14,15)10-5-4-9(8-11)16-10/h4-5H,6-8,11H2,1-3H3. The maximum atomic E-state index is 12.0. The fourth-order valence-electron chi connectivity index (χ4n) is 1.22. The van der Waals surface area contributed by atoms with Crippen LogP contribution in [0, 0.1) is 0 Å². The number of hydrogen-bond donors (Lipinski definition) is 1. The summed E-state index contributed by atoms with van der Waals surface area (Å²) in [5, 5.41) is -0.0563. The van der Waals surface area contributed by atoms with E-state index < -0.39 is 10.0 Å². The number of likely N-dealkylation sites (N-methyl/N-ethyl adjacent to an activating group) is 2. The lowest BCUT2D eigenvalue weighted by molar-refractivity contribution is 0.346. The zero-order chi connectivity index (χ0) is 13.1. The van der Waals surface area contributed by atoms with Crippen LogP contribution in [0.25, 0.3) is 0 Å². The predicted octanol–water partition coefficient (Wildman–Crippen LogP) is -0.0796. The number of furan rings is 1. The van der Waals surface area contributed by atoms with E-state index >= 15 is 0 Å². The Balaban J connectivity index is 2.79. The van der Waals surface area contributed by atoms with E-state index in [1.807, 2.05) is 19.0 Å². The van der Waals surface area contributed by atoms with Crippen LogP contribution in [0.4, 0.5) is 0 Å². The van der Waals surface area contributed by atoms with Crippen molar-refractivity contribution in [3.8, 4) is 0 Å². The molecule has 0 unspecified atom stereocenters. The topological polar surface area (TPSA) is 79.8 Å². The van der Waals surface area contributed by atoms with Gasteiger partial charge in [0.1, 0.15) is 5.76 Å². The van der Waals surface area contributed by atoms with Crippen molar-refractivity contribution in [2.75, 3.05) is 34.2 Å². The first-order chi connectivity index (χ1) is 7.87. The number of nitrogens with two attached hydrogens (primary N) is 1. The first kappa shape index (κ1) is 14.2. The summed E-state index contributed by atoms with van der Waals surface area (Å²) in [7, 11) is 1.77. The van der Waals surface area contributed by atoms with Crippen molar-refractivity contribution in [1.82, 2.24) is 9.21 Å². The van der Waals surface area contributed by atoms with Crippen LogP contribution in [-0.2, 0) is 16.6 Å². The summed E-state index contributed by atoms with van der Waals surface area (Å²) in [6, 6.07) is 3.01. The highest BCUT2D eigenvalue weighted by Gasteiger charge is 2.24. The second-order valence-corrected chi connectivity index (χ2v) is 6.03. The van der Waals surface area contributed by atoms with Gasteiger partial charge in [0.25, 0.3) is 10.0 Å². The Hall–Kier alpha value is -0.890. The van der Waals surface area contributed by atoms with E-state index in [-0.39, 0.29) is 11.6 Å². The zero-order valence-electron chi connectivity index (χ0n) is 10.4. The lowest BCUT2D eigenvalue weighted by Gasteiger charge is -2.17. The van der Waals surface area contributed by atoms with Gasteiger partial charge in [-0.3, -0.25) is 0 Å². The van der Waals surface area contributed by atoms with Gasteiger partial charge in [-0.25, -0.2) is 8.42 Å². The second kappa shape index (κ2) is 5.63. The summed E-state index contributed by atoms with van der Waals surface area (Å²) >= 11 is 0. The van der Waals surface area contributed by atoms with Crippen LogP contribution < -0.4 is 5.73 Å². The molecule has 1 aromatic rings. The normalized spacial score (nSPS) is 12.6. The molecule has 1 rings (SSSR count). The van der Waals surface area contributed by atoms with Crippen LogP contribution in [0.3, 0.4) is 0 Å². The summed E-state index contributed by atoms with van der Waals surface area (Å²) in [6.45, 7) is 1.26. The number of rotatable bonds is 6. The molecule has 98 valence electrons. The molecule has 0 aromatic carbocycles. The molecule has 2 N–H and O–H groups in total.